The molecule has 0 saturated heterocycles. The van der Waals surface area contributed by atoms with Crippen LogP contribution in [0.2, 0.25) is 0 Å². The molecule has 0 unspecified atom stereocenters. The van der Waals surface area contributed by atoms with Crippen LogP contribution in [0.1, 0.15) is 19.8 Å². The van der Waals surface area contributed by atoms with Crippen LogP contribution in [0.4, 0.5) is 0 Å². The average molecular weight is 143 g/mol. The molecule has 3 nitrogen and oxygen atoms in total. The maximum atomic E-state index is 10.8. The van der Waals surface area contributed by atoms with Gasteiger partial charge in [0, 0.05) is 0 Å². The molecule has 0 atom stereocenters. The number of rotatable bonds is 2. The lowest BCUT2D eigenvalue weighted by Gasteiger charge is -2.38. The van der Waals surface area contributed by atoms with Crippen LogP contribution in [0.25, 0.3) is 0 Å². The molecule has 0 aliphatic heterocycles. The third-order valence-corrected chi connectivity index (χ3v) is 1.71. The molecule has 0 heterocycles. The second kappa shape index (κ2) is 3.01. The van der Waals surface area contributed by atoms with Crippen LogP contribution in [-0.4, -0.2) is 18.7 Å². The van der Waals surface area contributed by atoms with Gasteiger partial charge < -0.3 is 9.84 Å². The van der Waals surface area contributed by atoms with Gasteiger partial charge in [-0.1, -0.05) is 12.8 Å². The van der Waals surface area contributed by atoms with E-state index in [4.69, 9.17) is 4.74 Å². The van der Waals surface area contributed by atoms with E-state index in [1.165, 1.54) is 0 Å². The van der Waals surface area contributed by atoms with Crippen molar-refractivity contribution in [3.8, 4) is 0 Å². The van der Waals surface area contributed by atoms with Gasteiger partial charge in [-0.3, -0.25) is 4.79 Å². The fraction of sp³-hybridized carbons (Fsp3) is 0.857. The second-order valence-electron chi connectivity index (χ2n) is 2.54. The van der Waals surface area contributed by atoms with E-state index in [2.05, 4.69) is 0 Å². The van der Waals surface area contributed by atoms with Crippen molar-refractivity contribution >= 4 is 5.97 Å². The maximum Gasteiger partial charge on any atom is 0.308 e. The predicted molar refractivity (Wildman–Crippen MR) is 33.1 cm³/mol. The summed E-state index contributed by atoms with van der Waals surface area (Å²) in [5.41, 5.74) is 0. The van der Waals surface area contributed by atoms with Crippen molar-refractivity contribution in [3.05, 3.63) is 0 Å². The molecule has 0 aromatic heterocycles. The Morgan fingerprint density at radius 1 is 1.70 bits per heavy atom. The Hall–Kier alpha value is -0.570. The molecular formula is C7H11O3-. The first kappa shape index (κ1) is 7.54. The van der Waals surface area contributed by atoms with Crippen molar-refractivity contribution in [2.24, 2.45) is 5.92 Å². The van der Waals surface area contributed by atoms with E-state index in [1.807, 2.05) is 0 Å². The Kier molecular flexibility index (Phi) is 2.27. The van der Waals surface area contributed by atoms with Crippen LogP contribution in [0.3, 0.4) is 0 Å². The van der Waals surface area contributed by atoms with Gasteiger partial charge in [-0.2, -0.15) is 0 Å². The number of carbonyl (C=O) groups excluding carboxylic acids is 1. The van der Waals surface area contributed by atoms with E-state index in [-0.39, 0.29) is 11.9 Å². The predicted octanol–water partition coefficient (Wildman–Crippen LogP) is -0.312. The van der Waals surface area contributed by atoms with Crippen molar-refractivity contribution in [1.29, 1.82) is 0 Å². The van der Waals surface area contributed by atoms with Crippen molar-refractivity contribution in [1.82, 2.24) is 0 Å². The summed E-state index contributed by atoms with van der Waals surface area (Å²) in [6.45, 7) is 2.18. The summed E-state index contributed by atoms with van der Waals surface area (Å²) in [6.07, 6.45) is 0.423. The molecule has 1 saturated carbocycles. The minimum absolute atomic E-state index is 0.0950. The smallest absolute Gasteiger partial charge is 0.308 e. The average Bonchev–Trinajstić information content (AvgIpc) is 1.82. The Morgan fingerprint density at radius 2 is 2.30 bits per heavy atom. The number of hydrogen-bond acceptors (Lipinski definition) is 3. The van der Waals surface area contributed by atoms with Gasteiger partial charge in [-0.15, -0.1) is 6.10 Å². The lowest BCUT2D eigenvalue weighted by molar-refractivity contribution is -0.443. The highest BCUT2D eigenvalue weighted by atomic mass is 16.5. The fourth-order valence-corrected chi connectivity index (χ4v) is 1.02. The van der Waals surface area contributed by atoms with Gasteiger partial charge in [-0.05, 0) is 6.92 Å². The van der Waals surface area contributed by atoms with E-state index in [1.54, 1.807) is 6.92 Å². The lowest BCUT2D eigenvalue weighted by atomic mass is 9.83. The minimum Gasteiger partial charge on any atom is -0.852 e. The molecule has 10 heavy (non-hydrogen) atoms. The third-order valence-electron chi connectivity index (χ3n) is 1.71. The van der Waals surface area contributed by atoms with Gasteiger partial charge in [0.15, 0.2) is 0 Å². The van der Waals surface area contributed by atoms with Gasteiger partial charge in [0.1, 0.15) is 0 Å². The standard InChI is InChI=1S/C7H11O3/c1-2-10-7(9)5-3-6(8)4-5/h5-6H,2-4H2,1H3/q-1. The maximum absolute atomic E-state index is 10.8. The quantitative estimate of drug-likeness (QED) is 0.498. The summed E-state index contributed by atoms with van der Waals surface area (Å²) in [6, 6.07) is 0. The van der Waals surface area contributed by atoms with Crippen LogP contribution in [0, 0.1) is 5.92 Å². The lowest BCUT2D eigenvalue weighted by Crippen LogP contribution is -2.43. The van der Waals surface area contributed by atoms with Gasteiger partial charge in [0.25, 0.3) is 0 Å². The summed E-state index contributed by atoms with van der Waals surface area (Å²) in [5, 5.41) is 10.5. The Balaban J connectivity index is 2.18. The van der Waals surface area contributed by atoms with E-state index in [0.29, 0.717) is 19.4 Å². The molecule has 58 valence electrons. The van der Waals surface area contributed by atoms with Crippen molar-refractivity contribution in [2.75, 3.05) is 6.61 Å². The first-order valence-corrected chi connectivity index (χ1v) is 3.56. The molecule has 0 bridgehead atoms. The highest BCUT2D eigenvalue weighted by molar-refractivity contribution is 5.73. The molecule has 1 rings (SSSR count). The molecular weight excluding hydrogens is 132 g/mol. The zero-order chi connectivity index (χ0) is 7.56. The Labute approximate surface area is 60.0 Å². The van der Waals surface area contributed by atoms with Gasteiger partial charge in [0.2, 0.25) is 0 Å². The molecule has 0 spiro atoms. The van der Waals surface area contributed by atoms with Crippen LogP contribution in [0.5, 0.6) is 0 Å². The number of ether oxygens (including phenoxy) is 1. The molecule has 1 fully saturated rings. The zero-order valence-corrected chi connectivity index (χ0v) is 6.00. The Morgan fingerprint density at radius 3 is 2.70 bits per heavy atom. The summed E-state index contributed by atoms with van der Waals surface area (Å²) in [4.78, 5) is 10.8. The van der Waals surface area contributed by atoms with Gasteiger partial charge in [-0.25, -0.2) is 0 Å². The SMILES string of the molecule is CCOC(=O)C1CC([O-])C1. The molecule has 0 aromatic carbocycles. The van der Waals surface area contributed by atoms with E-state index >= 15 is 0 Å². The molecule has 1 aliphatic carbocycles. The number of carbonyl (C=O) groups is 1. The molecule has 0 aromatic rings. The van der Waals surface area contributed by atoms with Crippen LogP contribution < -0.4 is 5.11 Å². The number of esters is 1. The Bertz CT molecular complexity index is 127. The van der Waals surface area contributed by atoms with E-state index in [9.17, 15) is 9.90 Å². The fourth-order valence-electron chi connectivity index (χ4n) is 1.02. The van der Waals surface area contributed by atoms with Crippen LogP contribution >= 0.6 is 0 Å². The van der Waals surface area contributed by atoms with E-state index < -0.39 is 6.10 Å². The molecule has 0 N–H and O–H groups in total. The summed E-state index contributed by atoms with van der Waals surface area (Å²) in [5.74, 6) is -0.294. The highest BCUT2D eigenvalue weighted by Crippen LogP contribution is 2.26. The normalized spacial score (nSPS) is 31.0. The monoisotopic (exact) mass is 143 g/mol. The first-order valence-electron chi connectivity index (χ1n) is 3.56. The first-order chi connectivity index (χ1) is 4.74. The summed E-state index contributed by atoms with van der Waals surface area (Å²) >= 11 is 0. The summed E-state index contributed by atoms with van der Waals surface area (Å²) in [7, 11) is 0. The van der Waals surface area contributed by atoms with Crippen molar-refractivity contribution in [2.45, 2.75) is 25.9 Å². The molecule has 3 heteroatoms. The van der Waals surface area contributed by atoms with Gasteiger partial charge >= 0.3 is 5.97 Å². The van der Waals surface area contributed by atoms with Gasteiger partial charge in [0.05, 0.1) is 12.5 Å². The van der Waals surface area contributed by atoms with Crippen LogP contribution in [0.15, 0.2) is 0 Å². The van der Waals surface area contributed by atoms with Crippen molar-refractivity contribution < 1.29 is 14.6 Å². The molecule has 1 aliphatic rings. The zero-order valence-electron chi connectivity index (χ0n) is 6.00. The highest BCUT2D eigenvalue weighted by Gasteiger charge is 2.28. The topological polar surface area (TPSA) is 49.4 Å². The largest absolute Gasteiger partial charge is 0.852 e. The summed E-state index contributed by atoms with van der Waals surface area (Å²) < 4.78 is 4.72. The third kappa shape index (κ3) is 1.48. The van der Waals surface area contributed by atoms with E-state index in [0.717, 1.165) is 0 Å². The minimum atomic E-state index is -0.519. The van der Waals surface area contributed by atoms with Crippen molar-refractivity contribution in [3.63, 3.8) is 0 Å². The van der Waals surface area contributed by atoms with Crippen LogP contribution in [-0.2, 0) is 9.53 Å². The number of hydrogen-bond donors (Lipinski definition) is 0. The molecule has 0 amide bonds. The molecule has 0 radical (unpaired) electrons. The second-order valence-corrected chi connectivity index (χ2v) is 2.54.